The number of hydrogen-bond donors (Lipinski definition) is 1. The SMILES string of the molecule is CCNC(CCN1CCC(C)(C)CC1)C(C)(C)C. The molecule has 0 spiro atoms. The quantitative estimate of drug-likeness (QED) is 0.807. The number of rotatable bonds is 5. The van der Waals surface area contributed by atoms with Crippen molar-refractivity contribution >= 4 is 0 Å². The van der Waals surface area contributed by atoms with Crippen molar-refractivity contribution in [1.82, 2.24) is 10.2 Å². The van der Waals surface area contributed by atoms with Gasteiger partial charge in [0.1, 0.15) is 0 Å². The summed E-state index contributed by atoms with van der Waals surface area (Å²) in [6, 6.07) is 0.637. The molecule has 0 aromatic rings. The van der Waals surface area contributed by atoms with Crippen LogP contribution in [-0.2, 0) is 0 Å². The molecule has 2 heteroatoms. The van der Waals surface area contributed by atoms with Crippen LogP contribution in [0.5, 0.6) is 0 Å². The van der Waals surface area contributed by atoms with Crippen molar-refractivity contribution in [2.45, 2.75) is 66.8 Å². The van der Waals surface area contributed by atoms with E-state index in [1.807, 2.05) is 0 Å². The van der Waals surface area contributed by atoms with Gasteiger partial charge in [-0.25, -0.2) is 0 Å². The second kappa shape index (κ2) is 6.38. The average molecular weight is 254 g/mol. The molecule has 1 unspecified atom stereocenters. The van der Waals surface area contributed by atoms with E-state index in [0.29, 0.717) is 16.9 Å². The molecule has 1 heterocycles. The molecular weight excluding hydrogens is 220 g/mol. The molecule has 0 aromatic carbocycles. The molecule has 0 saturated carbocycles. The van der Waals surface area contributed by atoms with Crippen molar-refractivity contribution in [2.24, 2.45) is 10.8 Å². The second-order valence-electron chi connectivity index (χ2n) is 7.77. The summed E-state index contributed by atoms with van der Waals surface area (Å²) in [5, 5.41) is 3.65. The Hall–Kier alpha value is -0.0800. The van der Waals surface area contributed by atoms with Gasteiger partial charge in [-0.05, 0) is 56.3 Å². The van der Waals surface area contributed by atoms with E-state index in [4.69, 9.17) is 0 Å². The highest BCUT2D eigenvalue weighted by Crippen LogP contribution is 2.30. The topological polar surface area (TPSA) is 15.3 Å². The third-order valence-corrected chi connectivity index (χ3v) is 4.44. The van der Waals surface area contributed by atoms with Crippen LogP contribution in [0.25, 0.3) is 0 Å². The lowest BCUT2D eigenvalue weighted by Crippen LogP contribution is -2.44. The molecule has 1 rings (SSSR count). The molecule has 1 aliphatic heterocycles. The third-order valence-electron chi connectivity index (χ3n) is 4.44. The highest BCUT2D eigenvalue weighted by atomic mass is 15.1. The highest BCUT2D eigenvalue weighted by molar-refractivity contribution is 4.83. The smallest absolute Gasteiger partial charge is 0.0128 e. The molecule has 0 aromatic heterocycles. The minimum atomic E-state index is 0.366. The van der Waals surface area contributed by atoms with Crippen LogP contribution in [0.4, 0.5) is 0 Å². The van der Waals surface area contributed by atoms with Crippen LogP contribution in [0.2, 0.25) is 0 Å². The van der Waals surface area contributed by atoms with Gasteiger partial charge >= 0.3 is 0 Å². The number of likely N-dealkylation sites (tertiary alicyclic amines) is 1. The first-order chi connectivity index (χ1) is 8.24. The van der Waals surface area contributed by atoms with E-state index >= 15 is 0 Å². The van der Waals surface area contributed by atoms with Crippen molar-refractivity contribution in [1.29, 1.82) is 0 Å². The minimum absolute atomic E-state index is 0.366. The predicted octanol–water partition coefficient (Wildman–Crippen LogP) is 3.52. The third kappa shape index (κ3) is 5.27. The Balaban J connectivity index is 2.35. The molecule has 0 amide bonds. The summed E-state index contributed by atoms with van der Waals surface area (Å²) in [4.78, 5) is 2.65. The summed E-state index contributed by atoms with van der Waals surface area (Å²) in [7, 11) is 0. The van der Waals surface area contributed by atoms with Crippen LogP contribution in [0.1, 0.15) is 60.8 Å². The number of nitrogens with one attached hydrogen (secondary N) is 1. The van der Waals surface area contributed by atoms with Crippen LogP contribution in [0, 0.1) is 10.8 Å². The van der Waals surface area contributed by atoms with Gasteiger partial charge in [-0.15, -0.1) is 0 Å². The van der Waals surface area contributed by atoms with E-state index in [9.17, 15) is 0 Å². The summed E-state index contributed by atoms with van der Waals surface area (Å²) >= 11 is 0. The Morgan fingerprint density at radius 2 is 1.72 bits per heavy atom. The van der Waals surface area contributed by atoms with Crippen LogP contribution >= 0.6 is 0 Å². The molecule has 1 aliphatic rings. The molecule has 1 fully saturated rings. The number of nitrogens with zero attached hydrogens (tertiary/aromatic N) is 1. The van der Waals surface area contributed by atoms with E-state index in [2.05, 4.69) is 51.8 Å². The van der Waals surface area contributed by atoms with Crippen molar-refractivity contribution in [3.8, 4) is 0 Å². The van der Waals surface area contributed by atoms with Crippen LogP contribution in [-0.4, -0.2) is 37.1 Å². The fourth-order valence-corrected chi connectivity index (χ4v) is 2.78. The molecule has 1 saturated heterocycles. The lowest BCUT2D eigenvalue weighted by Gasteiger charge is -2.39. The lowest BCUT2D eigenvalue weighted by atomic mass is 9.82. The first-order valence-corrected chi connectivity index (χ1v) is 7.70. The maximum absolute atomic E-state index is 3.65. The van der Waals surface area contributed by atoms with Gasteiger partial charge in [0.15, 0.2) is 0 Å². The van der Waals surface area contributed by atoms with Gasteiger partial charge in [0.25, 0.3) is 0 Å². The van der Waals surface area contributed by atoms with Crippen molar-refractivity contribution in [3.05, 3.63) is 0 Å². The number of hydrogen-bond acceptors (Lipinski definition) is 2. The molecule has 0 bridgehead atoms. The lowest BCUT2D eigenvalue weighted by molar-refractivity contribution is 0.120. The van der Waals surface area contributed by atoms with E-state index in [-0.39, 0.29) is 0 Å². The second-order valence-corrected chi connectivity index (χ2v) is 7.77. The van der Waals surface area contributed by atoms with Gasteiger partial charge in [-0.1, -0.05) is 41.5 Å². The standard InChI is InChI=1S/C16H34N2/c1-7-17-14(15(2,3)4)8-11-18-12-9-16(5,6)10-13-18/h14,17H,7-13H2,1-6H3. The first kappa shape index (κ1) is 16.0. The Morgan fingerprint density at radius 3 is 2.17 bits per heavy atom. The summed E-state index contributed by atoms with van der Waals surface area (Å²) in [5.74, 6) is 0. The fraction of sp³-hybridized carbons (Fsp3) is 1.00. The van der Waals surface area contributed by atoms with E-state index in [1.165, 1.54) is 38.9 Å². The van der Waals surface area contributed by atoms with Gasteiger partial charge in [-0.2, -0.15) is 0 Å². The summed E-state index contributed by atoms with van der Waals surface area (Å²) in [6.45, 7) is 19.0. The summed E-state index contributed by atoms with van der Waals surface area (Å²) < 4.78 is 0. The summed E-state index contributed by atoms with van der Waals surface area (Å²) in [5.41, 5.74) is 0.937. The molecular formula is C16H34N2. The van der Waals surface area contributed by atoms with Crippen LogP contribution in [0.3, 0.4) is 0 Å². The Bertz CT molecular complexity index is 230. The molecule has 0 radical (unpaired) electrons. The predicted molar refractivity (Wildman–Crippen MR) is 81.0 cm³/mol. The highest BCUT2D eigenvalue weighted by Gasteiger charge is 2.27. The zero-order valence-corrected chi connectivity index (χ0v) is 13.5. The van der Waals surface area contributed by atoms with E-state index in [0.717, 1.165) is 6.54 Å². The van der Waals surface area contributed by atoms with Gasteiger partial charge in [0.05, 0.1) is 0 Å². The normalized spacial score (nSPS) is 23.0. The zero-order chi connectivity index (χ0) is 13.8. The minimum Gasteiger partial charge on any atom is -0.314 e. The molecule has 1 atom stereocenters. The van der Waals surface area contributed by atoms with E-state index < -0.39 is 0 Å². The molecule has 1 N–H and O–H groups in total. The fourth-order valence-electron chi connectivity index (χ4n) is 2.78. The van der Waals surface area contributed by atoms with Crippen molar-refractivity contribution in [2.75, 3.05) is 26.2 Å². The number of piperidine rings is 1. The Morgan fingerprint density at radius 1 is 1.17 bits per heavy atom. The van der Waals surface area contributed by atoms with Gasteiger partial charge in [0.2, 0.25) is 0 Å². The summed E-state index contributed by atoms with van der Waals surface area (Å²) in [6.07, 6.45) is 3.99. The zero-order valence-electron chi connectivity index (χ0n) is 13.5. The molecule has 18 heavy (non-hydrogen) atoms. The average Bonchev–Trinajstić information content (AvgIpc) is 2.24. The van der Waals surface area contributed by atoms with Crippen molar-refractivity contribution in [3.63, 3.8) is 0 Å². The van der Waals surface area contributed by atoms with Crippen LogP contribution in [0.15, 0.2) is 0 Å². The molecule has 2 nitrogen and oxygen atoms in total. The molecule has 108 valence electrons. The monoisotopic (exact) mass is 254 g/mol. The Kier molecular flexibility index (Phi) is 5.67. The maximum atomic E-state index is 3.65. The van der Waals surface area contributed by atoms with Gasteiger partial charge in [-0.3, -0.25) is 0 Å². The van der Waals surface area contributed by atoms with Crippen molar-refractivity contribution < 1.29 is 0 Å². The molecule has 0 aliphatic carbocycles. The first-order valence-electron chi connectivity index (χ1n) is 7.70. The van der Waals surface area contributed by atoms with Gasteiger partial charge in [0, 0.05) is 6.04 Å². The Labute approximate surface area is 115 Å². The van der Waals surface area contributed by atoms with Gasteiger partial charge < -0.3 is 10.2 Å². The van der Waals surface area contributed by atoms with Crippen LogP contribution < -0.4 is 5.32 Å². The maximum Gasteiger partial charge on any atom is 0.0128 e. The largest absolute Gasteiger partial charge is 0.314 e. The van der Waals surface area contributed by atoms with E-state index in [1.54, 1.807) is 0 Å².